The lowest BCUT2D eigenvalue weighted by Crippen LogP contribution is -2.13. The summed E-state index contributed by atoms with van der Waals surface area (Å²) in [4.78, 5) is 28.9. The monoisotopic (exact) mass is 519 g/mol. The van der Waals surface area contributed by atoms with Crippen molar-refractivity contribution in [2.75, 3.05) is 5.32 Å². The van der Waals surface area contributed by atoms with E-state index >= 15 is 0 Å². The number of rotatable bonds is 6. The number of nitrogens with zero attached hydrogens (tertiary/aromatic N) is 4. The van der Waals surface area contributed by atoms with Crippen LogP contribution in [0, 0.1) is 18.7 Å². The highest BCUT2D eigenvalue weighted by atomic mass is 19.1. The molecule has 0 aliphatic heterocycles. The highest BCUT2D eigenvalue weighted by Gasteiger charge is 2.16. The Bertz CT molecular complexity index is 1830. The Labute approximate surface area is 223 Å². The number of H-pyrrole nitrogens is 2. The van der Waals surface area contributed by atoms with Gasteiger partial charge in [0.25, 0.3) is 0 Å². The normalized spacial score (nSPS) is 11.5. The molecule has 9 heteroatoms. The Balaban J connectivity index is 1.39. The molecule has 0 spiro atoms. The topological polar surface area (TPSA) is 112 Å². The van der Waals surface area contributed by atoms with E-state index in [-0.39, 0.29) is 17.6 Å². The lowest BCUT2D eigenvalue weighted by Gasteiger charge is -2.08. The molecule has 0 saturated heterocycles. The Morgan fingerprint density at radius 3 is 2.59 bits per heavy atom. The second kappa shape index (κ2) is 9.75. The minimum Gasteiger partial charge on any atom is -0.352 e. The fourth-order valence-corrected chi connectivity index (χ4v) is 4.81. The van der Waals surface area contributed by atoms with Crippen molar-refractivity contribution in [2.24, 2.45) is 5.92 Å². The number of halogens is 1. The van der Waals surface area contributed by atoms with Gasteiger partial charge in [0, 0.05) is 40.7 Å². The van der Waals surface area contributed by atoms with Crippen LogP contribution in [0.2, 0.25) is 0 Å². The number of aromatic amines is 2. The molecule has 1 amide bonds. The van der Waals surface area contributed by atoms with Gasteiger partial charge in [-0.1, -0.05) is 19.9 Å². The number of aryl methyl sites for hydroxylation is 1. The predicted molar refractivity (Wildman–Crippen MR) is 150 cm³/mol. The molecule has 1 aromatic carbocycles. The van der Waals surface area contributed by atoms with Crippen LogP contribution in [-0.2, 0) is 4.79 Å². The van der Waals surface area contributed by atoms with E-state index in [2.05, 4.69) is 35.5 Å². The number of carbonyl (C=O) groups excluding carboxylic acids is 1. The summed E-state index contributed by atoms with van der Waals surface area (Å²) in [5, 5.41) is 12.3. The molecule has 6 rings (SSSR count). The number of pyridine rings is 3. The van der Waals surface area contributed by atoms with E-state index < -0.39 is 0 Å². The molecule has 0 radical (unpaired) electrons. The van der Waals surface area contributed by atoms with Crippen LogP contribution >= 0.6 is 0 Å². The molecule has 5 heterocycles. The molecule has 0 aliphatic rings. The highest BCUT2D eigenvalue weighted by molar-refractivity contribution is 6.01. The van der Waals surface area contributed by atoms with Crippen LogP contribution in [-0.4, -0.2) is 36.0 Å². The first-order chi connectivity index (χ1) is 18.8. The highest BCUT2D eigenvalue weighted by Crippen LogP contribution is 2.35. The van der Waals surface area contributed by atoms with Gasteiger partial charge in [0.1, 0.15) is 11.5 Å². The van der Waals surface area contributed by atoms with Gasteiger partial charge in [-0.25, -0.2) is 4.39 Å². The lowest BCUT2D eigenvalue weighted by atomic mass is 10.0. The van der Waals surface area contributed by atoms with E-state index in [4.69, 9.17) is 0 Å². The van der Waals surface area contributed by atoms with E-state index in [1.54, 1.807) is 31.0 Å². The molecule has 0 unspecified atom stereocenters. The fraction of sp³-hybridized carbons (Fsp3) is 0.167. The standard InChI is InChI=1S/C30H26FN7O/c1-16(2)4-29(39)35-21-8-19(11-32-12-21)25-10-23-28(15-34-25)37-38-30(23)26-9-22-24(13-33-14-27(22)36-26)18-5-17(3)6-20(31)7-18/h5-16,36H,4H2,1-3H3,(H,35,39)(H,37,38). The molecule has 8 nitrogen and oxygen atoms in total. The van der Waals surface area contributed by atoms with Crippen LogP contribution in [0.4, 0.5) is 10.1 Å². The van der Waals surface area contributed by atoms with E-state index in [1.807, 2.05) is 45.0 Å². The summed E-state index contributed by atoms with van der Waals surface area (Å²) in [6, 6.07) is 10.8. The molecule has 0 saturated carbocycles. The third-order valence-corrected chi connectivity index (χ3v) is 6.51. The van der Waals surface area contributed by atoms with Gasteiger partial charge in [0.05, 0.1) is 46.7 Å². The van der Waals surface area contributed by atoms with Gasteiger partial charge in [0.2, 0.25) is 5.91 Å². The van der Waals surface area contributed by atoms with Crippen LogP contribution in [0.25, 0.3) is 55.6 Å². The number of hydrogen-bond donors (Lipinski definition) is 3. The Morgan fingerprint density at radius 1 is 0.923 bits per heavy atom. The van der Waals surface area contributed by atoms with Crippen molar-refractivity contribution in [3.8, 4) is 33.8 Å². The third-order valence-electron chi connectivity index (χ3n) is 6.51. The zero-order valence-corrected chi connectivity index (χ0v) is 21.7. The maximum absolute atomic E-state index is 14.2. The van der Waals surface area contributed by atoms with Crippen LogP contribution in [0.5, 0.6) is 0 Å². The van der Waals surface area contributed by atoms with Gasteiger partial charge in [-0.2, -0.15) is 5.10 Å². The van der Waals surface area contributed by atoms with Gasteiger partial charge in [-0.3, -0.25) is 24.8 Å². The molecule has 0 atom stereocenters. The van der Waals surface area contributed by atoms with Crippen LogP contribution in [0.15, 0.2) is 67.4 Å². The second-order valence-corrected chi connectivity index (χ2v) is 10.1. The van der Waals surface area contributed by atoms with Crippen molar-refractivity contribution in [2.45, 2.75) is 27.2 Å². The Hall–Kier alpha value is -4.92. The lowest BCUT2D eigenvalue weighted by molar-refractivity contribution is -0.116. The van der Waals surface area contributed by atoms with E-state index in [1.165, 1.54) is 12.1 Å². The van der Waals surface area contributed by atoms with Gasteiger partial charge in [-0.15, -0.1) is 0 Å². The molecule has 0 aliphatic carbocycles. The van der Waals surface area contributed by atoms with Crippen molar-refractivity contribution in [1.29, 1.82) is 0 Å². The fourth-order valence-electron chi connectivity index (χ4n) is 4.81. The quantitative estimate of drug-likeness (QED) is 0.228. The van der Waals surface area contributed by atoms with Crippen LogP contribution < -0.4 is 5.32 Å². The van der Waals surface area contributed by atoms with Gasteiger partial charge < -0.3 is 10.3 Å². The summed E-state index contributed by atoms with van der Waals surface area (Å²) in [5.74, 6) is -0.0705. The van der Waals surface area contributed by atoms with E-state index in [0.717, 1.165) is 55.4 Å². The van der Waals surface area contributed by atoms with Crippen LogP contribution in [0.1, 0.15) is 25.8 Å². The summed E-state index contributed by atoms with van der Waals surface area (Å²) in [7, 11) is 0. The number of aromatic nitrogens is 6. The zero-order chi connectivity index (χ0) is 27.1. The third kappa shape index (κ3) is 4.86. The number of anilines is 1. The number of hydrogen-bond acceptors (Lipinski definition) is 5. The van der Waals surface area contributed by atoms with Gasteiger partial charge >= 0.3 is 0 Å². The van der Waals surface area contributed by atoms with Gasteiger partial charge in [-0.05, 0) is 54.3 Å². The first-order valence-corrected chi connectivity index (χ1v) is 12.7. The predicted octanol–water partition coefficient (Wildman–Crippen LogP) is 6.66. The maximum atomic E-state index is 14.2. The van der Waals surface area contributed by atoms with Crippen LogP contribution in [0.3, 0.4) is 0 Å². The average molecular weight is 520 g/mol. The largest absolute Gasteiger partial charge is 0.352 e. The number of fused-ring (bicyclic) bond motifs is 2. The van der Waals surface area contributed by atoms with Gasteiger partial charge in [0.15, 0.2) is 0 Å². The molecule has 6 aromatic rings. The molecule has 39 heavy (non-hydrogen) atoms. The molecule has 3 N–H and O–H groups in total. The number of benzene rings is 1. The summed E-state index contributed by atoms with van der Waals surface area (Å²) < 4.78 is 14.2. The SMILES string of the molecule is Cc1cc(F)cc(-c2cncc3[nH]c(-c4n[nH]c5cnc(-c6cncc(NC(=O)CC(C)C)c6)cc45)cc23)c1. The first-order valence-electron chi connectivity index (χ1n) is 12.7. The van der Waals surface area contributed by atoms with Crippen molar-refractivity contribution in [1.82, 2.24) is 30.1 Å². The van der Waals surface area contributed by atoms with Crippen molar-refractivity contribution >= 4 is 33.4 Å². The summed E-state index contributed by atoms with van der Waals surface area (Å²) in [6.45, 7) is 5.88. The average Bonchev–Trinajstić information content (AvgIpc) is 3.51. The smallest absolute Gasteiger partial charge is 0.224 e. The van der Waals surface area contributed by atoms with Crippen molar-refractivity contribution in [3.05, 3.63) is 78.8 Å². The summed E-state index contributed by atoms with van der Waals surface area (Å²) in [5.41, 5.74) is 7.66. The van der Waals surface area contributed by atoms with Crippen molar-refractivity contribution < 1.29 is 9.18 Å². The first kappa shape index (κ1) is 24.4. The Morgan fingerprint density at radius 2 is 1.77 bits per heavy atom. The van der Waals surface area contributed by atoms with Crippen molar-refractivity contribution in [3.63, 3.8) is 0 Å². The molecule has 0 bridgehead atoms. The number of carbonyl (C=O) groups is 1. The molecular formula is C30H26FN7O. The molecule has 0 fully saturated rings. The summed E-state index contributed by atoms with van der Waals surface area (Å²) in [6.07, 6.45) is 9.01. The Kier molecular flexibility index (Phi) is 6.11. The molecular weight excluding hydrogens is 493 g/mol. The second-order valence-electron chi connectivity index (χ2n) is 10.1. The maximum Gasteiger partial charge on any atom is 0.224 e. The van der Waals surface area contributed by atoms with E-state index in [0.29, 0.717) is 17.8 Å². The van der Waals surface area contributed by atoms with E-state index in [9.17, 15) is 9.18 Å². The minimum atomic E-state index is -0.283. The minimum absolute atomic E-state index is 0.0504. The summed E-state index contributed by atoms with van der Waals surface area (Å²) >= 11 is 0. The zero-order valence-electron chi connectivity index (χ0n) is 21.7. The molecule has 5 aromatic heterocycles. The number of amides is 1. The number of nitrogens with one attached hydrogen (secondary N) is 3. The molecule has 194 valence electrons.